The second-order valence-corrected chi connectivity index (χ2v) is 5.44. The van der Waals surface area contributed by atoms with Crippen LogP contribution in [0, 0.1) is 0 Å². The van der Waals surface area contributed by atoms with Crippen LogP contribution in [-0.2, 0) is 0 Å². The molecule has 1 unspecified atom stereocenters. The molecule has 1 aromatic rings. The lowest BCUT2D eigenvalue weighted by molar-refractivity contribution is 0.113. The molecule has 18 heavy (non-hydrogen) atoms. The van der Waals surface area contributed by atoms with E-state index >= 15 is 0 Å². The first-order valence-corrected chi connectivity index (χ1v) is 6.87. The number of piperazine rings is 1. The molecule has 1 aromatic carbocycles. The Morgan fingerprint density at radius 1 is 1.28 bits per heavy atom. The van der Waals surface area contributed by atoms with Crippen molar-refractivity contribution in [1.29, 1.82) is 0 Å². The summed E-state index contributed by atoms with van der Waals surface area (Å²) in [6.07, 6.45) is 0.354. The van der Waals surface area contributed by atoms with E-state index in [1.807, 2.05) is 24.3 Å². The van der Waals surface area contributed by atoms with Gasteiger partial charge in [-0.25, -0.2) is 0 Å². The summed E-state index contributed by atoms with van der Waals surface area (Å²) in [6, 6.07) is 7.49. The Kier molecular flexibility index (Phi) is 5.01. The molecule has 0 radical (unpaired) electrons. The Morgan fingerprint density at radius 2 is 2.00 bits per heavy atom. The van der Waals surface area contributed by atoms with Crippen LogP contribution < -0.4 is 0 Å². The van der Waals surface area contributed by atoms with Gasteiger partial charge in [-0.15, -0.1) is 0 Å². The minimum absolute atomic E-state index is 0.414. The summed E-state index contributed by atoms with van der Waals surface area (Å²) in [4.78, 5) is 4.75. The maximum Gasteiger partial charge on any atom is 0.0802 e. The Bertz CT molecular complexity index is 378. The summed E-state index contributed by atoms with van der Waals surface area (Å²) >= 11 is 5.93. The van der Waals surface area contributed by atoms with E-state index in [9.17, 15) is 5.11 Å². The third kappa shape index (κ3) is 3.95. The number of hydrogen-bond donors (Lipinski definition) is 1. The van der Waals surface area contributed by atoms with Gasteiger partial charge >= 0.3 is 0 Å². The molecule has 1 saturated heterocycles. The van der Waals surface area contributed by atoms with Crippen molar-refractivity contribution < 1.29 is 5.11 Å². The molecule has 0 aliphatic carbocycles. The normalized spacial score (nSPS) is 19.9. The summed E-state index contributed by atoms with van der Waals surface area (Å²) in [6.45, 7) is 5.37. The largest absolute Gasteiger partial charge is 0.388 e. The zero-order valence-corrected chi connectivity index (χ0v) is 11.6. The monoisotopic (exact) mass is 268 g/mol. The van der Waals surface area contributed by atoms with Crippen LogP contribution in [0.5, 0.6) is 0 Å². The molecule has 1 aliphatic rings. The summed E-state index contributed by atoms with van der Waals surface area (Å²) in [7, 11) is 2.15. The van der Waals surface area contributed by atoms with E-state index in [2.05, 4.69) is 16.8 Å². The van der Waals surface area contributed by atoms with E-state index in [1.165, 1.54) is 0 Å². The third-order valence-electron chi connectivity index (χ3n) is 3.55. The molecule has 100 valence electrons. The summed E-state index contributed by atoms with van der Waals surface area (Å²) in [5.74, 6) is 0. The van der Waals surface area contributed by atoms with Crippen molar-refractivity contribution in [2.24, 2.45) is 0 Å². The fraction of sp³-hybridized carbons (Fsp3) is 0.571. The molecule has 0 aromatic heterocycles. The minimum atomic E-state index is -0.414. The van der Waals surface area contributed by atoms with E-state index in [1.54, 1.807) is 0 Å². The second-order valence-electron chi connectivity index (χ2n) is 5.00. The highest BCUT2D eigenvalue weighted by Gasteiger charge is 2.15. The first kappa shape index (κ1) is 13.8. The van der Waals surface area contributed by atoms with Crippen molar-refractivity contribution in [3.05, 3.63) is 34.9 Å². The van der Waals surface area contributed by atoms with Crippen LogP contribution in [0.25, 0.3) is 0 Å². The number of aliphatic hydroxyl groups excluding tert-OH is 1. The van der Waals surface area contributed by atoms with Crippen LogP contribution in [0.3, 0.4) is 0 Å². The molecular formula is C14H21ClN2O. The first-order chi connectivity index (χ1) is 8.65. The average Bonchev–Trinajstić information content (AvgIpc) is 2.38. The molecule has 1 N–H and O–H groups in total. The standard InChI is InChI=1S/C14H21ClN2O/c1-16-7-9-17(10-8-16)6-5-14(18)12-3-2-4-13(15)11-12/h2-4,11,14,18H,5-10H2,1H3. The van der Waals surface area contributed by atoms with Gasteiger partial charge in [0, 0.05) is 37.7 Å². The summed E-state index contributed by atoms with van der Waals surface area (Å²) < 4.78 is 0. The lowest BCUT2D eigenvalue weighted by atomic mass is 10.1. The first-order valence-electron chi connectivity index (χ1n) is 6.49. The molecule has 1 atom stereocenters. The lowest BCUT2D eigenvalue weighted by Crippen LogP contribution is -2.44. The van der Waals surface area contributed by atoms with E-state index in [0.29, 0.717) is 5.02 Å². The van der Waals surface area contributed by atoms with Crippen molar-refractivity contribution in [2.45, 2.75) is 12.5 Å². The Balaban J connectivity index is 1.79. The molecule has 1 aliphatic heterocycles. The molecule has 0 saturated carbocycles. The highest BCUT2D eigenvalue weighted by molar-refractivity contribution is 6.30. The van der Waals surface area contributed by atoms with Crippen molar-refractivity contribution in [3.63, 3.8) is 0 Å². The van der Waals surface area contributed by atoms with E-state index in [-0.39, 0.29) is 0 Å². The number of halogens is 1. The number of aliphatic hydroxyl groups is 1. The summed E-state index contributed by atoms with van der Waals surface area (Å²) in [5.41, 5.74) is 0.914. The van der Waals surface area contributed by atoms with E-state index < -0.39 is 6.10 Å². The van der Waals surface area contributed by atoms with Crippen LogP contribution in [-0.4, -0.2) is 54.7 Å². The Hall–Kier alpha value is -0.610. The highest BCUT2D eigenvalue weighted by Crippen LogP contribution is 2.20. The predicted octanol–water partition coefficient (Wildman–Crippen LogP) is 2.01. The minimum Gasteiger partial charge on any atom is -0.388 e. The van der Waals surface area contributed by atoms with Crippen LogP contribution in [0.2, 0.25) is 5.02 Å². The molecule has 1 fully saturated rings. The van der Waals surface area contributed by atoms with Crippen molar-refractivity contribution in [2.75, 3.05) is 39.8 Å². The Morgan fingerprint density at radius 3 is 2.67 bits per heavy atom. The van der Waals surface area contributed by atoms with Crippen molar-refractivity contribution >= 4 is 11.6 Å². The van der Waals surface area contributed by atoms with Gasteiger partial charge in [0.15, 0.2) is 0 Å². The molecule has 0 bridgehead atoms. The molecule has 3 nitrogen and oxygen atoms in total. The zero-order valence-electron chi connectivity index (χ0n) is 10.8. The van der Waals surface area contributed by atoms with Gasteiger partial charge < -0.3 is 14.9 Å². The number of nitrogens with zero attached hydrogens (tertiary/aromatic N) is 2. The number of likely N-dealkylation sites (N-methyl/N-ethyl adjacent to an activating group) is 1. The topological polar surface area (TPSA) is 26.7 Å². The van der Waals surface area contributed by atoms with Crippen LogP contribution in [0.1, 0.15) is 18.1 Å². The molecule has 0 spiro atoms. The maximum absolute atomic E-state index is 10.1. The second kappa shape index (κ2) is 6.53. The van der Waals surface area contributed by atoms with Crippen LogP contribution in [0.15, 0.2) is 24.3 Å². The number of benzene rings is 1. The molecule has 2 rings (SSSR count). The van der Waals surface area contributed by atoms with Gasteiger partial charge in [-0.1, -0.05) is 23.7 Å². The highest BCUT2D eigenvalue weighted by atomic mass is 35.5. The molecule has 1 heterocycles. The smallest absolute Gasteiger partial charge is 0.0802 e. The summed E-state index contributed by atoms with van der Waals surface area (Å²) in [5, 5.41) is 10.8. The predicted molar refractivity (Wildman–Crippen MR) is 75.0 cm³/mol. The van der Waals surface area contributed by atoms with Gasteiger partial charge in [0.2, 0.25) is 0 Å². The van der Waals surface area contributed by atoms with Gasteiger partial charge in [0.1, 0.15) is 0 Å². The fourth-order valence-electron chi connectivity index (χ4n) is 2.26. The SMILES string of the molecule is CN1CCN(CCC(O)c2cccc(Cl)c2)CC1. The molecule has 0 amide bonds. The van der Waals surface area contributed by atoms with Gasteiger partial charge in [-0.2, -0.15) is 0 Å². The number of rotatable bonds is 4. The lowest BCUT2D eigenvalue weighted by Gasteiger charge is -2.32. The maximum atomic E-state index is 10.1. The third-order valence-corrected chi connectivity index (χ3v) is 3.78. The molecule has 4 heteroatoms. The van der Waals surface area contributed by atoms with Crippen LogP contribution in [0.4, 0.5) is 0 Å². The van der Waals surface area contributed by atoms with E-state index in [0.717, 1.165) is 44.7 Å². The quantitative estimate of drug-likeness (QED) is 0.905. The molecular weight excluding hydrogens is 248 g/mol. The van der Waals surface area contributed by atoms with Crippen molar-refractivity contribution in [1.82, 2.24) is 9.80 Å². The van der Waals surface area contributed by atoms with Crippen LogP contribution >= 0.6 is 11.6 Å². The fourth-order valence-corrected chi connectivity index (χ4v) is 2.46. The van der Waals surface area contributed by atoms with E-state index in [4.69, 9.17) is 11.6 Å². The average molecular weight is 269 g/mol. The Labute approximate surface area is 114 Å². The van der Waals surface area contributed by atoms with Crippen molar-refractivity contribution in [3.8, 4) is 0 Å². The zero-order chi connectivity index (χ0) is 13.0. The number of hydrogen-bond acceptors (Lipinski definition) is 3. The van der Waals surface area contributed by atoms with Gasteiger partial charge in [-0.3, -0.25) is 0 Å². The van der Waals surface area contributed by atoms with Gasteiger partial charge in [-0.05, 0) is 31.2 Å². The van der Waals surface area contributed by atoms with Gasteiger partial charge in [0.25, 0.3) is 0 Å². The van der Waals surface area contributed by atoms with Gasteiger partial charge in [0.05, 0.1) is 6.10 Å².